The molecule has 0 spiro atoms. The molecule has 1 atom stereocenters. The molecule has 1 aliphatic carbocycles. The fraction of sp³-hybridized carbons (Fsp3) is 0.450. The summed E-state index contributed by atoms with van der Waals surface area (Å²) >= 11 is 0. The molecule has 1 unspecified atom stereocenters. The Kier molecular flexibility index (Phi) is 3.85. The largest absolute Gasteiger partial charge is 0.426 e. The second-order valence-corrected chi connectivity index (χ2v) is 7.32. The molecule has 2 fully saturated rings. The fourth-order valence-electron chi connectivity index (χ4n) is 3.76. The highest BCUT2D eigenvalue weighted by atomic mass is 16.5. The van der Waals surface area contributed by atoms with Gasteiger partial charge in [-0.3, -0.25) is 4.79 Å². The van der Waals surface area contributed by atoms with E-state index >= 15 is 0 Å². The summed E-state index contributed by atoms with van der Waals surface area (Å²) in [7, 11) is 0. The molecule has 3 heterocycles. The number of hydrogen-bond acceptors (Lipinski definition) is 6. The Bertz CT molecular complexity index is 843. The quantitative estimate of drug-likeness (QED) is 0.675. The van der Waals surface area contributed by atoms with E-state index in [0.29, 0.717) is 18.1 Å². The highest BCUT2D eigenvalue weighted by Gasteiger charge is 2.33. The van der Waals surface area contributed by atoms with E-state index in [2.05, 4.69) is 32.3 Å². The Morgan fingerprint density at radius 3 is 2.81 bits per heavy atom. The van der Waals surface area contributed by atoms with Crippen LogP contribution in [0.5, 0.6) is 5.75 Å². The lowest BCUT2D eigenvalue weighted by molar-refractivity contribution is -0.137. The van der Waals surface area contributed by atoms with Crippen LogP contribution in [0, 0.1) is 0 Å². The van der Waals surface area contributed by atoms with Crippen LogP contribution in [0.3, 0.4) is 0 Å². The molecule has 1 aromatic carbocycles. The minimum absolute atomic E-state index is 0.213. The number of benzene rings is 1. The van der Waals surface area contributed by atoms with Crippen LogP contribution in [0.1, 0.15) is 41.8 Å². The Labute approximate surface area is 152 Å². The highest BCUT2D eigenvalue weighted by molar-refractivity contribution is 5.83. The number of piperazine rings is 1. The summed E-state index contributed by atoms with van der Waals surface area (Å²) < 4.78 is 5.70. The molecule has 1 aromatic heterocycles. The van der Waals surface area contributed by atoms with Crippen molar-refractivity contribution in [1.29, 1.82) is 0 Å². The summed E-state index contributed by atoms with van der Waals surface area (Å²) in [6.07, 6.45) is 4.70. The minimum atomic E-state index is -0.340. The number of fused-ring (bicyclic) bond motifs is 1. The van der Waals surface area contributed by atoms with Crippen molar-refractivity contribution in [3.05, 3.63) is 47.5 Å². The smallest absolute Gasteiger partial charge is 0.320 e. The van der Waals surface area contributed by atoms with E-state index in [1.807, 2.05) is 12.1 Å². The van der Waals surface area contributed by atoms with E-state index in [0.717, 1.165) is 61.8 Å². The number of anilines is 1. The van der Waals surface area contributed by atoms with Crippen LogP contribution in [0.15, 0.2) is 30.5 Å². The third-order valence-corrected chi connectivity index (χ3v) is 5.45. The molecule has 2 aromatic rings. The Morgan fingerprint density at radius 1 is 1.15 bits per heavy atom. The molecule has 6 nitrogen and oxygen atoms in total. The van der Waals surface area contributed by atoms with Gasteiger partial charge in [-0.15, -0.1) is 0 Å². The molecular formula is C20H22N4O2. The molecule has 1 saturated heterocycles. The normalized spacial score (nSPS) is 22.7. The zero-order valence-electron chi connectivity index (χ0n) is 14.6. The molecular weight excluding hydrogens is 328 g/mol. The maximum Gasteiger partial charge on any atom is 0.320 e. The molecule has 1 N–H and O–H groups in total. The van der Waals surface area contributed by atoms with Gasteiger partial charge in [0.25, 0.3) is 0 Å². The first-order valence-corrected chi connectivity index (χ1v) is 9.41. The van der Waals surface area contributed by atoms with Crippen LogP contribution in [0.2, 0.25) is 0 Å². The average molecular weight is 350 g/mol. The van der Waals surface area contributed by atoms with Crippen molar-refractivity contribution in [1.82, 2.24) is 15.3 Å². The second kappa shape index (κ2) is 6.36. The maximum atomic E-state index is 12.6. The molecule has 0 radical (unpaired) electrons. The predicted molar refractivity (Wildman–Crippen MR) is 97.6 cm³/mol. The minimum Gasteiger partial charge on any atom is -0.426 e. The molecule has 5 rings (SSSR count). The molecule has 6 heteroatoms. The molecule has 3 aliphatic rings. The van der Waals surface area contributed by atoms with Crippen molar-refractivity contribution in [3.8, 4) is 5.75 Å². The first kappa shape index (κ1) is 15.8. The molecule has 26 heavy (non-hydrogen) atoms. The summed E-state index contributed by atoms with van der Waals surface area (Å²) in [5, 5.41) is 3.36. The lowest BCUT2D eigenvalue weighted by atomic mass is 9.92. The van der Waals surface area contributed by atoms with Crippen molar-refractivity contribution in [2.75, 3.05) is 31.1 Å². The van der Waals surface area contributed by atoms with Crippen LogP contribution in [0.4, 0.5) is 5.69 Å². The first-order chi connectivity index (χ1) is 12.8. The van der Waals surface area contributed by atoms with Crippen molar-refractivity contribution in [2.45, 2.75) is 31.1 Å². The maximum absolute atomic E-state index is 12.6. The van der Waals surface area contributed by atoms with Crippen molar-refractivity contribution >= 4 is 11.7 Å². The van der Waals surface area contributed by atoms with Crippen LogP contribution in [0.25, 0.3) is 0 Å². The summed E-state index contributed by atoms with van der Waals surface area (Å²) in [4.78, 5) is 24.0. The van der Waals surface area contributed by atoms with E-state index < -0.39 is 0 Å². The van der Waals surface area contributed by atoms with Gasteiger partial charge in [0.1, 0.15) is 17.5 Å². The van der Waals surface area contributed by atoms with Gasteiger partial charge in [-0.05, 0) is 37.0 Å². The van der Waals surface area contributed by atoms with E-state index in [1.54, 1.807) is 6.20 Å². The van der Waals surface area contributed by atoms with Crippen molar-refractivity contribution < 1.29 is 9.53 Å². The number of esters is 1. The average Bonchev–Trinajstić information content (AvgIpc) is 3.53. The van der Waals surface area contributed by atoms with Gasteiger partial charge in [0.15, 0.2) is 0 Å². The zero-order chi connectivity index (χ0) is 17.5. The summed E-state index contributed by atoms with van der Waals surface area (Å²) in [5.74, 6) is 1.49. The van der Waals surface area contributed by atoms with Gasteiger partial charge in [0, 0.05) is 50.0 Å². The van der Waals surface area contributed by atoms with Gasteiger partial charge < -0.3 is 15.0 Å². The SMILES string of the molecule is O=C1Oc2cc(N3CCNCC3)ccc2CC1c1ccnc(C2CC2)n1. The van der Waals surface area contributed by atoms with Crippen LogP contribution in [-0.2, 0) is 11.2 Å². The van der Waals surface area contributed by atoms with Gasteiger partial charge in [0.05, 0.1) is 5.69 Å². The lowest BCUT2D eigenvalue weighted by Gasteiger charge is -2.31. The number of carbonyl (C=O) groups is 1. The number of aromatic nitrogens is 2. The standard InChI is InChI=1S/C20H22N4O2/c25-20-16(17-5-6-22-19(23-17)13-1-2-13)11-14-3-4-15(12-18(14)26-20)24-9-7-21-8-10-24/h3-6,12-13,16,21H,1-2,7-11H2. The van der Waals surface area contributed by atoms with Gasteiger partial charge >= 0.3 is 5.97 Å². The van der Waals surface area contributed by atoms with Gasteiger partial charge in [0.2, 0.25) is 0 Å². The third kappa shape index (κ3) is 2.94. The molecule has 1 saturated carbocycles. The zero-order valence-corrected chi connectivity index (χ0v) is 14.6. The van der Waals surface area contributed by atoms with E-state index in [-0.39, 0.29) is 11.9 Å². The predicted octanol–water partition coefficient (Wildman–Crippen LogP) is 2.01. The number of hydrogen-bond donors (Lipinski definition) is 1. The van der Waals surface area contributed by atoms with Crippen molar-refractivity contribution in [2.24, 2.45) is 0 Å². The lowest BCUT2D eigenvalue weighted by Crippen LogP contribution is -2.43. The van der Waals surface area contributed by atoms with E-state index in [1.165, 1.54) is 0 Å². The Morgan fingerprint density at radius 2 is 2.00 bits per heavy atom. The fourth-order valence-corrected chi connectivity index (χ4v) is 3.76. The first-order valence-electron chi connectivity index (χ1n) is 9.41. The highest BCUT2D eigenvalue weighted by Crippen LogP contribution is 2.39. The Balaban J connectivity index is 1.40. The van der Waals surface area contributed by atoms with Crippen LogP contribution < -0.4 is 15.0 Å². The number of nitrogens with one attached hydrogen (secondary N) is 1. The Hall–Kier alpha value is -2.47. The number of ether oxygens (including phenoxy) is 1. The van der Waals surface area contributed by atoms with Crippen molar-refractivity contribution in [3.63, 3.8) is 0 Å². The van der Waals surface area contributed by atoms with Crippen LogP contribution >= 0.6 is 0 Å². The van der Waals surface area contributed by atoms with Gasteiger partial charge in [-0.2, -0.15) is 0 Å². The summed E-state index contributed by atoms with van der Waals surface area (Å²) in [6, 6.07) is 8.08. The topological polar surface area (TPSA) is 67.3 Å². The number of nitrogens with zero attached hydrogens (tertiary/aromatic N) is 3. The third-order valence-electron chi connectivity index (χ3n) is 5.45. The summed E-state index contributed by atoms with van der Waals surface area (Å²) in [5.41, 5.74) is 2.97. The molecule has 134 valence electrons. The molecule has 0 amide bonds. The summed E-state index contributed by atoms with van der Waals surface area (Å²) in [6.45, 7) is 3.91. The molecule has 0 bridgehead atoms. The monoisotopic (exact) mass is 350 g/mol. The molecule has 2 aliphatic heterocycles. The number of carbonyl (C=O) groups excluding carboxylic acids is 1. The van der Waals surface area contributed by atoms with Crippen LogP contribution in [-0.4, -0.2) is 42.1 Å². The van der Waals surface area contributed by atoms with Gasteiger partial charge in [-0.1, -0.05) is 6.07 Å². The van der Waals surface area contributed by atoms with E-state index in [4.69, 9.17) is 4.74 Å². The van der Waals surface area contributed by atoms with E-state index in [9.17, 15) is 4.79 Å². The second-order valence-electron chi connectivity index (χ2n) is 7.32. The van der Waals surface area contributed by atoms with Gasteiger partial charge in [-0.25, -0.2) is 9.97 Å². The number of rotatable bonds is 3.